The summed E-state index contributed by atoms with van der Waals surface area (Å²) < 4.78 is 4.98. The Hall–Kier alpha value is -0.770. The van der Waals surface area contributed by atoms with Gasteiger partial charge in [0.2, 0.25) is 0 Å². The summed E-state index contributed by atoms with van der Waals surface area (Å²) in [6.45, 7) is 1.80. The van der Waals surface area contributed by atoms with Crippen molar-refractivity contribution < 1.29 is 9.53 Å². The van der Waals surface area contributed by atoms with Crippen molar-refractivity contribution in [3.05, 3.63) is 0 Å². The van der Waals surface area contributed by atoms with E-state index < -0.39 is 0 Å². The molecule has 56 valence electrons. The number of rotatable bonds is 0. The van der Waals surface area contributed by atoms with E-state index in [4.69, 9.17) is 4.74 Å². The third-order valence-electron chi connectivity index (χ3n) is 1.98. The Balaban J connectivity index is 2.04. The highest BCUT2D eigenvalue weighted by Crippen LogP contribution is 2.13. The van der Waals surface area contributed by atoms with Gasteiger partial charge in [0.25, 0.3) is 0 Å². The van der Waals surface area contributed by atoms with Crippen molar-refractivity contribution in [2.75, 3.05) is 13.1 Å². The van der Waals surface area contributed by atoms with Crippen molar-refractivity contribution in [2.45, 2.75) is 18.6 Å². The van der Waals surface area contributed by atoms with E-state index in [1.165, 1.54) is 0 Å². The Kier molecular flexibility index (Phi) is 1.27. The lowest BCUT2D eigenvalue weighted by atomic mass is 10.1. The summed E-state index contributed by atoms with van der Waals surface area (Å²) in [6, 6.07) is 0.209. The van der Waals surface area contributed by atoms with Gasteiger partial charge in [0.1, 0.15) is 6.10 Å². The molecule has 2 aliphatic heterocycles. The third kappa shape index (κ3) is 0.844. The van der Waals surface area contributed by atoms with E-state index in [9.17, 15) is 4.79 Å². The molecule has 0 unspecified atom stereocenters. The first-order valence-corrected chi connectivity index (χ1v) is 3.54. The van der Waals surface area contributed by atoms with Crippen molar-refractivity contribution >= 4 is 6.09 Å². The number of hydrogen-bond donors (Lipinski definition) is 2. The number of ether oxygens (including phenoxy) is 1. The molecule has 4 heteroatoms. The van der Waals surface area contributed by atoms with Crippen LogP contribution in [0.25, 0.3) is 0 Å². The summed E-state index contributed by atoms with van der Waals surface area (Å²) >= 11 is 0. The molecule has 2 saturated heterocycles. The fourth-order valence-corrected chi connectivity index (χ4v) is 1.44. The van der Waals surface area contributed by atoms with E-state index in [1.54, 1.807) is 0 Å². The number of piperidine rings is 1. The van der Waals surface area contributed by atoms with E-state index in [0.29, 0.717) is 0 Å². The standard InChI is InChI=1S/C6H10N2O2/c9-6-8-4-3-7-2-1-5(4)10-6/h4-5,7H,1-3H2,(H,8,9)/t4-,5+/m1/s1. The molecule has 2 rings (SSSR count). The van der Waals surface area contributed by atoms with Crippen LogP contribution in [0.3, 0.4) is 0 Å². The van der Waals surface area contributed by atoms with Crippen molar-refractivity contribution in [3.8, 4) is 0 Å². The van der Waals surface area contributed by atoms with Crippen LogP contribution >= 0.6 is 0 Å². The molecule has 2 atom stereocenters. The predicted octanol–water partition coefficient (Wildman–Crippen LogP) is -0.543. The molecule has 0 aromatic heterocycles. The number of carbonyl (C=O) groups is 1. The average Bonchev–Trinajstić information content (AvgIpc) is 2.27. The molecule has 4 nitrogen and oxygen atoms in total. The van der Waals surface area contributed by atoms with Gasteiger partial charge in [-0.3, -0.25) is 0 Å². The minimum atomic E-state index is -0.265. The van der Waals surface area contributed by atoms with Gasteiger partial charge in [-0.25, -0.2) is 4.79 Å². The van der Waals surface area contributed by atoms with Crippen LogP contribution in [-0.4, -0.2) is 31.3 Å². The van der Waals surface area contributed by atoms with E-state index in [0.717, 1.165) is 19.5 Å². The topological polar surface area (TPSA) is 50.4 Å². The summed E-state index contributed by atoms with van der Waals surface area (Å²) in [5.41, 5.74) is 0. The zero-order valence-electron chi connectivity index (χ0n) is 5.59. The Labute approximate surface area is 58.9 Å². The van der Waals surface area contributed by atoms with E-state index in [-0.39, 0.29) is 18.2 Å². The van der Waals surface area contributed by atoms with Crippen LogP contribution in [0.2, 0.25) is 0 Å². The smallest absolute Gasteiger partial charge is 0.407 e. The first kappa shape index (κ1) is 5.97. The van der Waals surface area contributed by atoms with E-state index >= 15 is 0 Å². The molecule has 10 heavy (non-hydrogen) atoms. The number of nitrogens with one attached hydrogen (secondary N) is 2. The van der Waals surface area contributed by atoms with Gasteiger partial charge >= 0.3 is 6.09 Å². The third-order valence-corrected chi connectivity index (χ3v) is 1.98. The van der Waals surface area contributed by atoms with Gasteiger partial charge in [-0.15, -0.1) is 0 Å². The van der Waals surface area contributed by atoms with Crippen LogP contribution in [0, 0.1) is 0 Å². The maximum atomic E-state index is 10.6. The molecule has 0 aromatic carbocycles. The zero-order chi connectivity index (χ0) is 6.97. The minimum absolute atomic E-state index is 0.119. The molecule has 2 N–H and O–H groups in total. The molecular weight excluding hydrogens is 132 g/mol. The zero-order valence-corrected chi connectivity index (χ0v) is 5.59. The van der Waals surface area contributed by atoms with Gasteiger partial charge < -0.3 is 15.4 Å². The number of carbonyl (C=O) groups excluding carboxylic acids is 1. The highest BCUT2D eigenvalue weighted by molar-refractivity contribution is 5.70. The second-order valence-electron chi connectivity index (χ2n) is 2.69. The van der Waals surface area contributed by atoms with Crippen LogP contribution in [0.5, 0.6) is 0 Å². The van der Waals surface area contributed by atoms with Crippen molar-refractivity contribution in [3.63, 3.8) is 0 Å². The molecule has 0 saturated carbocycles. The molecular formula is C6H10N2O2. The molecule has 0 spiro atoms. The maximum Gasteiger partial charge on any atom is 0.407 e. The monoisotopic (exact) mass is 142 g/mol. The lowest BCUT2D eigenvalue weighted by Gasteiger charge is -2.22. The molecule has 2 heterocycles. The predicted molar refractivity (Wildman–Crippen MR) is 34.7 cm³/mol. The largest absolute Gasteiger partial charge is 0.444 e. The SMILES string of the molecule is O=C1N[C@@H]2CNCC[C@@H]2O1. The van der Waals surface area contributed by atoms with Crippen molar-refractivity contribution in [1.82, 2.24) is 10.6 Å². The number of hydrogen-bond acceptors (Lipinski definition) is 3. The highest BCUT2D eigenvalue weighted by Gasteiger charge is 2.35. The molecule has 2 aliphatic rings. The minimum Gasteiger partial charge on any atom is -0.444 e. The fourth-order valence-electron chi connectivity index (χ4n) is 1.44. The summed E-state index contributed by atoms with van der Waals surface area (Å²) in [6.07, 6.45) is 0.788. The molecule has 0 bridgehead atoms. The lowest BCUT2D eigenvalue weighted by Crippen LogP contribution is -2.46. The molecule has 0 aromatic rings. The highest BCUT2D eigenvalue weighted by atomic mass is 16.6. The number of amides is 1. The number of alkyl carbamates (subject to hydrolysis) is 1. The Morgan fingerprint density at radius 3 is 3.30 bits per heavy atom. The van der Waals surface area contributed by atoms with E-state index in [1.807, 2.05) is 0 Å². The van der Waals surface area contributed by atoms with Crippen LogP contribution < -0.4 is 10.6 Å². The van der Waals surface area contributed by atoms with Crippen molar-refractivity contribution in [2.24, 2.45) is 0 Å². The Morgan fingerprint density at radius 1 is 1.60 bits per heavy atom. The maximum absolute atomic E-state index is 10.6. The Morgan fingerprint density at radius 2 is 2.50 bits per heavy atom. The second-order valence-corrected chi connectivity index (χ2v) is 2.69. The van der Waals surface area contributed by atoms with Gasteiger partial charge in [0, 0.05) is 6.54 Å². The first-order chi connectivity index (χ1) is 4.86. The normalized spacial score (nSPS) is 38.2. The lowest BCUT2D eigenvalue weighted by molar-refractivity contribution is 0.117. The van der Waals surface area contributed by atoms with Gasteiger partial charge in [-0.2, -0.15) is 0 Å². The first-order valence-electron chi connectivity index (χ1n) is 3.54. The molecule has 0 radical (unpaired) electrons. The van der Waals surface area contributed by atoms with Gasteiger partial charge in [0.05, 0.1) is 6.04 Å². The van der Waals surface area contributed by atoms with Crippen LogP contribution in [0.4, 0.5) is 4.79 Å². The average molecular weight is 142 g/mol. The summed E-state index contributed by atoms with van der Waals surface area (Å²) in [5.74, 6) is 0. The second kappa shape index (κ2) is 2.12. The summed E-state index contributed by atoms with van der Waals surface area (Å²) in [5, 5.41) is 5.91. The molecule has 0 aliphatic carbocycles. The van der Waals surface area contributed by atoms with Gasteiger partial charge in [-0.1, -0.05) is 0 Å². The van der Waals surface area contributed by atoms with Gasteiger partial charge in [-0.05, 0) is 13.0 Å². The van der Waals surface area contributed by atoms with Crippen molar-refractivity contribution in [1.29, 1.82) is 0 Å². The summed E-state index contributed by atoms with van der Waals surface area (Å²) in [7, 11) is 0. The van der Waals surface area contributed by atoms with Crippen LogP contribution in [0.1, 0.15) is 6.42 Å². The van der Waals surface area contributed by atoms with Crippen LogP contribution in [-0.2, 0) is 4.74 Å². The molecule has 1 amide bonds. The molecule has 2 fully saturated rings. The van der Waals surface area contributed by atoms with Crippen LogP contribution in [0.15, 0.2) is 0 Å². The summed E-state index contributed by atoms with van der Waals surface area (Å²) in [4.78, 5) is 10.6. The quantitative estimate of drug-likeness (QED) is 0.477. The Bertz CT molecular complexity index is 144. The number of fused-ring (bicyclic) bond motifs is 1. The van der Waals surface area contributed by atoms with Gasteiger partial charge in [0.15, 0.2) is 0 Å². The fraction of sp³-hybridized carbons (Fsp3) is 0.833. The van der Waals surface area contributed by atoms with E-state index in [2.05, 4.69) is 10.6 Å².